The predicted molar refractivity (Wildman–Crippen MR) is 125 cm³/mol. The molecule has 0 heterocycles. The lowest BCUT2D eigenvalue weighted by Gasteiger charge is -2.32. The van der Waals surface area contributed by atoms with Gasteiger partial charge in [0.2, 0.25) is 15.9 Å². The SMILES string of the molecule is CC[C@@H](C(=O)N[C@@H](C)c1cc(C)c(C)cc1C)N(c1cc(Cl)ccc1C)S(C)(=O)=O. The Balaban J connectivity index is 2.41. The van der Waals surface area contributed by atoms with E-state index >= 15 is 0 Å². The minimum absolute atomic E-state index is 0.257. The molecule has 7 heteroatoms. The number of benzene rings is 2. The maximum absolute atomic E-state index is 13.2. The second-order valence-corrected chi connectivity index (χ2v) is 10.2. The van der Waals surface area contributed by atoms with Crippen molar-refractivity contribution in [3.05, 3.63) is 63.2 Å². The summed E-state index contributed by atoms with van der Waals surface area (Å²) in [5, 5.41) is 3.43. The van der Waals surface area contributed by atoms with Crippen molar-refractivity contribution >= 4 is 33.2 Å². The largest absolute Gasteiger partial charge is 0.348 e. The lowest BCUT2D eigenvalue weighted by molar-refractivity contribution is -0.122. The summed E-state index contributed by atoms with van der Waals surface area (Å²) in [6.45, 7) is 11.6. The molecular formula is C23H31ClN2O3S. The third kappa shape index (κ3) is 5.35. The predicted octanol–water partition coefficient (Wildman–Crippen LogP) is 5.00. The van der Waals surface area contributed by atoms with Crippen molar-refractivity contribution in [2.45, 2.75) is 60.0 Å². The second-order valence-electron chi connectivity index (χ2n) is 7.94. The molecule has 0 aliphatic heterocycles. The van der Waals surface area contributed by atoms with Gasteiger partial charge in [-0.15, -0.1) is 0 Å². The number of halogens is 1. The van der Waals surface area contributed by atoms with Crippen molar-refractivity contribution in [3.63, 3.8) is 0 Å². The molecule has 0 aliphatic carbocycles. The number of aryl methyl sites for hydroxylation is 4. The highest BCUT2D eigenvalue weighted by atomic mass is 35.5. The molecule has 1 N–H and O–H groups in total. The lowest BCUT2D eigenvalue weighted by atomic mass is 9.96. The first-order valence-electron chi connectivity index (χ1n) is 10.0. The Morgan fingerprint density at radius 3 is 2.20 bits per heavy atom. The Labute approximate surface area is 185 Å². The van der Waals surface area contributed by atoms with Gasteiger partial charge in [-0.25, -0.2) is 8.42 Å². The van der Waals surface area contributed by atoms with Crippen molar-refractivity contribution < 1.29 is 13.2 Å². The van der Waals surface area contributed by atoms with Crippen LogP contribution >= 0.6 is 11.6 Å². The molecular weight excluding hydrogens is 420 g/mol. The molecule has 2 atom stereocenters. The highest BCUT2D eigenvalue weighted by molar-refractivity contribution is 7.92. The van der Waals surface area contributed by atoms with Crippen LogP contribution in [-0.4, -0.2) is 26.6 Å². The van der Waals surface area contributed by atoms with Gasteiger partial charge in [-0.2, -0.15) is 0 Å². The van der Waals surface area contributed by atoms with Crippen LogP contribution < -0.4 is 9.62 Å². The maximum atomic E-state index is 13.2. The van der Waals surface area contributed by atoms with E-state index in [2.05, 4.69) is 24.4 Å². The van der Waals surface area contributed by atoms with E-state index in [0.29, 0.717) is 17.1 Å². The number of anilines is 1. The van der Waals surface area contributed by atoms with Gasteiger partial charge in [0.05, 0.1) is 18.0 Å². The Hall–Kier alpha value is -2.05. The number of nitrogens with zero attached hydrogens (tertiary/aromatic N) is 1. The van der Waals surface area contributed by atoms with Gasteiger partial charge in [0.15, 0.2) is 0 Å². The molecule has 0 aliphatic rings. The topological polar surface area (TPSA) is 66.5 Å². The molecule has 30 heavy (non-hydrogen) atoms. The van der Waals surface area contributed by atoms with Crippen molar-refractivity contribution in [2.75, 3.05) is 10.6 Å². The van der Waals surface area contributed by atoms with E-state index in [1.807, 2.05) is 20.8 Å². The zero-order valence-electron chi connectivity index (χ0n) is 18.7. The Morgan fingerprint density at radius 1 is 1.03 bits per heavy atom. The number of carbonyl (C=O) groups is 1. The Kier molecular flexibility index (Phi) is 7.59. The summed E-state index contributed by atoms with van der Waals surface area (Å²) in [6.07, 6.45) is 1.43. The third-order valence-electron chi connectivity index (χ3n) is 5.45. The molecule has 0 saturated heterocycles. The zero-order chi connectivity index (χ0) is 22.8. The highest BCUT2D eigenvalue weighted by Gasteiger charge is 2.33. The smallest absolute Gasteiger partial charge is 0.244 e. The average molecular weight is 451 g/mol. The highest BCUT2D eigenvalue weighted by Crippen LogP contribution is 2.30. The second kappa shape index (κ2) is 9.40. The molecule has 164 valence electrons. The number of nitrogens with one attached hydrogen (secondary N) is 1. The summed E-state index contributed by atoms with van der Waals surface area (Å²) in [7, 11) is -3.72. The lowest BCUT2D eigenvalue weighted by Crippen LogP contribution is -2.50. The van der Waals surface area contributed by atoms with Crippen LogP contribution in [0.15, 0.2) is 30.3 Å². The van der Waals surface area contributed by atoms with E-state index in [4.69, 9.17) is 11.6 Å². The van der Waals surface area contributed by atoms with E-state index < -0.39 is 16.1 Å². The normalized spacial score (nSPS) is 13.6. The van der Waals surface area contributed by atoms with Crippen molar-refractivity contribution in [3.8, 4) is 0 Å². The summed E-state index contributed by atoms with van der Waals surface area (Å²) < 4.78 is 26.6. The molecule has 0 bridgehead atoms. The monoisotopic (exact) mass is 450 g/mol. The number of hydrogen-bond acceptors (Lipinski definition) is 3. The van der Waals surface area contributed by atoms with Gasteiger partial charge in [0.25, 0.3) is 0 Å². The summed E-state index contributed by atoms with van der Waals surface area (Å²) in [6, 6.07) is 8.08. The average Bonchev–Trinajstić information content (AvgIpc) is 2.63. The van der Waals surface area contributed by atoms with E-state index in [1.54, 1.807) is 32.0 Å². The molecule has 1 amide bonds. The first-order chi connectivity index (χ1) is 13.9. The fourth-order valence-electron chi connectivity index (χ4n) is 3.69. The molecule has 0 fully saturated rings. The van der Waals surface area contributed by atoms with Crippen LogP contribution in [0, 0.1) is 27.7 Å². The van der Waals surface area contributed by atoms with E-state index in [1.165, 1.54) is 9.87 Å². The Bertz CT molecular complexity index is 1050. The van der Waals surface area contributed by atoms with Crippen LogP contribution in [0.3, 0.4) is 0 Å². The molecule has 2 aromatic carbocycles. The summed E-state index contributed by atoms with van der Waals surface area (Å²) >= 11 is 6.13. The maximum Gasteiger partial charge on any atom is 0.244 e. The van der Waals surface area contributed by atoms with Crippen LogP contribution in [0.5, 0.6) is 0 Å². The number of sulfonamides is 1. The molecule has 0 radical (unpaired) electrons. The van der Waals surface area contributed by atoms with E-state index in [0.717, 1.165) is 28.5 Å². The minimum atomic E-state index is -3.72. The molecule has 0 unspecified atom stereocenters. The quantitative estimate of drug-likeness (QED) is 0.645. The molecule has 0 saturated carbocycles. The van der Waals surface area contributed by atoms with E-state index in [9.17, 15) is 13.2 Å². The van der Waals surface area contributed by atoms with Crippen LogP contribution in [0.4, 0.5) is 5.69 Å². The summed E-state index contributed by atoms with van der Waals surface area (Å²) in [4.78, 5) is 13.2. The van der Waals surface area contributed by atoms with Gasteiger partial charge in [-0.3, -0.25) is 9.10 Å². The van der Waals surface area contributed by atoms with Crippen LogP contribution in [-0.2, 0) is 14.8 Å². The van der Waals surface area contributed by atoms with Gasteiger partial charge in [0, 0.05) is 5.02 Å². The molecule has 0 aromatic heterocycles. The van der Waals surface area contributed by atoms with Gasteiger partial charge in [-0.1, -0.05) is 36.7 Å². The van der Waals surface area contributed by atoms with Crippen LogP contribution in [0.2, 0.25) is 5.02 Å². The fraction of sp³-hybridized carbons (Fsp3) is 0.435. The van der Waals surface area contributed by atoms with Crippen molar-refractivity contribution in [2.24, 2.45) is 0 Å². The number of rotatable bonds is 7. The number of hydrogen-bond donors (Lipinski definition) is 1. The van der Waals surface area contributed by atoms with Crippen LogP contribution in [0.25, 0.3) is 0 Å². The Morgan fingerprint density at radius 2 is 1.63 bits per heavy atom. The number of amides is 1. The van der Waals surface area contributed by atoms with Crippen molar-refractivity contribution in [1.82, 2.24) is 5.32 Å². The zero-order valence-corrected chi connectivity index (χ0v) is 20.3. The minimum Gasteiger partial charge on any atom is -0.348 e. The summed E-state index contributed by atoms with van der Waals surface area (Å²) in [5.74, 6) is -0.340. The fourth-order valence-corrected chi connectivity index (χ4v) is 5.12. The van der Waals surface area contributed by atoms with Gasteiger partial charge in [-0.05, 0) is 81.0 Å². The molecule has 2 aromatic rings. The molecule has 5 nitrogen and oxygen atoms in total. The third-order valence-corrected chi connectivity index (χ3v) is 6.85. The van der Waals surface area contributed by atoms with Crippen LogP contribution in [0.1, 0.15) is 54.1 Å². The first kappa shape index (κ1) is 24.2. The number of carbonyl (C=O) groups excluding carboxylic acids is 1. The van der Waals surface area contributed by atoms with Gasteiger partial charge >= 0.3 is 0 Å². The van der Waals surface area contributed by atoms with Gasteiger partial charge in [0.1, 0.15) is 6.04 Å². The van der Waals surface area contributed by atoms with E-state index in [-0.39, 0.29) is 11.9 Å². The molecule has 0 spiro atoms. The van der Waals surface area contributed by atoms with Gasteiger partial charge < -0.3 is 5.32 Å². The summed E-state index contributed by atoms with van der Waals surface area (Å²) in [5.41, 5.74) is 5.60. The van der Waals surface area contributed by atoms with Crippen molar-refractivity contribution in [1.29, 1.82) is 0 Å². The molecule has 2 rings (SSSR count). The standard InChI is InChI=1S/C23H31ClN2O3S/c1-8-21(26(30(7,28)29)22-13-19(24)10-9-14(22)2)23(27)25-18(6)20-12-16(4)15(3)11-17(20)5/h9-13,18,21H,8H2,1-7H3,(H,25,27)/t18-,21-/m0/s1. The first-order valence-corrected chi connectivity index (χ1v) is 12.2.